The van der Waals surface area contributed by atoms with Gasteiger partial charge in [-0.15, -0.1) is 5.10 Å². The number of alkyl halides is 3. The molecule has 3 heterocycles. The Morgan fingerprint density at radius 1 is 1.26 bits per heavy atom. The molecule has 0 fully saturated rings. The number of aromatic nitrogens is 6. The molecule has 0 saturated carbocycles. The number of aromatic amines is 1. The van der Waals surface area contributed by atoms with E-state index in [-0.39, 0.29) is 24.1 Å². The van der Waals surface area contributed by atoms with Gasteiger partial charge in [-0.25, -0.2) is 9.78 Å². The highest BCUT2D eigenvalue weighted by atomic mass is 19.4. The van der Waals surface area contributed by atoms with Crippen LogP contribution in [0.1, 0.15) is 23.2 Å². The zero-order valence-electron chi connectivity index (χ0n) is 12.0. The maximum atomic E-state index is 13.0. The second-order valence-corrected chi connectivity index (χ2v) is 5.31. The van der Waals surface area contributed by atoms with Crippen LogP contribution in [-0.2, 0) is 25.7 Å². The van der Waals surface area contributed by atoms with Crippen LogP contribution >= 0.6 is 0 Å². The summed E-state index contributed by atoms with van der Waals surface area (Å²) in [6, 6.07) is 0. The fourth-order valence-electron chi connectivity index (χ4n) is 2.69. The summed E-state index contributed by atoms with van der Waals surface area (Å²) in [6.07, 6.45) is -2.13. The van der Waals surface area contributed by atoms with Gasteiger partial charge in [-0.3, -0.25) is 9.69 Å². The van der Waals surface area contributed by atoms with Crippen LogP contribution in [-0.4, -0.2) is 48.4 Å². The standard InChI is InChI=1S/C12H14F3N7O/c13-12(14,15)10-9-6-21(3-1-4-22-7-16-19-20-22)5-2-8(9)11(23)18-17-10/h7H,1-6H2,(H,18,23). The lowest BCUT2D eigenvalue weighted by molar-refractivity contribution is -0.143. The van der Waals surface area contributed by atoms with Crippen LogP contribution in [0.4, 0.5) is 13.2 Å². The van der Waals surface area contributed by atoms with Crippen LogP contribution in [0.3, 0.4) is 0 Å². The molecule has 0 bridgehead atoms. The van der Waals surface area contributed by atoms with E-state index in [4.69, 9.17) is 0 Å². The van der Waals surface area contributed by atoms with Crippen LogP contribution in [0.25, 0.3) is 0 Å². The molecule has 0 spiro atoms. The predicted molar refractivity (Wildman–Crippen MR) is 71.3 cm³/mol. The zero-order valence-corrected chi connectivity index (χ0v) is 12.0. The molecule has 0 atom stereocenters. The molecule has 0 radical (unpaired) electrons. The van der Waals surface area contributed by atoms with Gasteiger partial charge in [0, 0.05) is 37.3 Å². The summed E-state index contributed by atoms with van der Waals surface area (Å²) in [7, 11) is 0. The lowest BCUT2D eigenvalue weighted by atomic mass is 9.99. The molecule has 1 N–H and O–H groups in total. The minimum atomic E-state index is -4.58. The topological polar surface area (TPSA) is 92.6 Å². The van der Waals surface area contributed by atoms with Gasteiger partial charge < -0.3 is 0 Å². The summed E-state index contributed by atoms with van der Waals surface area (Å²) in [5.41, 5.74) is -1.38. The van der Waals surface area contributed by atoms with Gasteiger partial charge in [0.25, 0.3) is 5.56 Å². The van der Waals surface area contributed by atoms with E-state index in [0.29, 0.717) is 26.1 Å². The summed E-state index contributed by atoms with van der Waals surface area (Å²) >= 11 is 0. The Hall–Kier alpha value is -2.30. The van der Waals surface area contributed by atoms with E-state index in [1.807, 2.05) is 10.00 Å². The maximum Gasteiger partial charge on any atom is 0.435 e. The molecule has 0 aliphatic carbocycles. The third kappa shape index (κ3) is 3.38. The van der Waals surface area contributed by atoms with Gasteiger partial charge in [0.1, 0.15) is 6.33 Å². The highest BCUT2D eigenvalue weighted by Crippen LogP contribution is 2.32. The Labute approximate surface area is 128 Å². The van der Waals surface area contributed by atoms with Crippen LogP contribution in [0.2, 0.25) is 0 Å². The number of nitrogens with one attached hydrogen (secondary N) is 1. The second-order valence-electron chi connectivity index (χ2n) is 5.31. The van der Waals surface area contributed by atoms with Gasteiger partial charge in [0.2, 0.25) is 0 Å². The predicted octanol–water partition coefficient (Wildman–Crippen LogP) is 0.224. The number of fused-ring (bicyclic) bond motifs is 1. The van der Waals surface area contributed by atoms with Gasteiger partial charge in [-0.05, 0) is 23.3 Å². The Morgan fingerprint density at radius 3 is 2.78 bits per heavy atom. The van der Waals surface area contributed by atoms with Crippen molar-refractivity contribution in [2.75, 3.05) is 13.1 Å². The van der Waals surface area contributed by atoms with Crippen molar-refractivity contribution in [1.82, 2.24) is 35.3 Å². The van der Waals surface area contributed by atoms with Crippen molar-refractivity contribution in [2.24, 2.45) is 0 Å². The first-order chi connectivity index (χ1) is 10.9. The SMILES string of the molecule is O=c1[nH]nc(C(F)(F)F)c2c1CCN(CCCn1cnnn1)C2. The first kappa shape index (κ1) is 15.6. The summed E-state index contributed by atoms with van der Waals surface area (Å²) < 4.78 is 40.7. The van der Waals surface area contributed by atoms with Crippen molar-refractivity contribution in [3.8, 4) is 0 Å². The molecule has 2 aromatic rings. The minimum absolute atomic E-state index is 0.0186. The molecule has 124 valence electrons. The number of H-pyrrole nitrogens is 1. The Kier molecular flexibility index (Phi) is 4.11. The third-order valence-electron chi connectivity index (χ3n) is 3.77. The minimum Gasteiger partial charge on any atom is -0.299 e. The molecule has 0 unspecified atom stereocenters. The van der Waals surface area contributed by atoms with Gasteiger partial charge in [-0.1, -0.05) is 0 Å². The number of hydrogen-bond acceptors (Lipinski definition) is 6. The van der Waals surface area contributed by atoms with Crippen LogP contribution in [0.15, 0.2) is 11.1 Å². The lowest BCUT2D eigenvalue weighted by Crippen LogP contribution is -2.37. The third-order valence-corrected chi connectivity index (χ3v) is 3.77. The average molecular weight is 329 g/mol. The van der Waals surface area contributed by atoms with E-state index < -0.39 is 17.4 Å². The van der Waals surface area contributed by atoms with Gasteiger partial charge in [0.15, 0.2) is 5.69 Å². The molecule has 2 aromatic heterocycles. The summed E-state index contributed by atoms with van der Waals surface area (Å²) in [5.74, 6) is 0. The Morgan fingerprint density at radius 2 is 2.09 bits per heavy atom. The first-order valence-corrected chi connectivity index (χ1v) is 7.06. The summed E-state index contributed by atoms with van der Waals surface area (Å²) in [4.78, 5) is 13.6. The fourth-order valence-corrected chi connectivity index (χ4v) is 2.69. The molecule has 1 aliphatic heterocycles. The molecule has 0 aromatic carbocycles. The van der Waals surface area contributed by atoms with Gasteiger partial charge in [-0.2, -0.15) is 18.3 Å². The van der Waals surface area contributed by atoms with E-state index in [0.717, 1.165) is 0 Å². The lowest BCUT2D eigenvalue weighted by Gasteiger charge is -2.29. The molecule has 0 amide bonds. The maximum absolute atomic E-state index is 13.0. The van der Waals surface area contributed by atoms with E-state index in [1.54, 1.807) is 4.68 Å². The smallest absolute Gasteiger partial charge is 0.299 e. The normalized spacial score (nSPS) is 15.6. The van der Waals surface area contributed by atoms with E-state index in [9.17, 15) is 18.0 Å². The van der Waals surface area contributed by atoms with Crippen molar-refractivity contribution in [3.63, 3.8) is 0 Å². The number of halogens is 3. The van der Waals surface area contributed by atoms with Crippen LogP contribution in [0.5, 0.6) is 0 Å². The van der Waals surface area contributed by atoms with Crippen LogP contribution in [0, 0.1) is 0 Å². The average Bonchev–Trinajstić information content (AvgIpc) is 2.99. The quantitative estimate of drug-likeness (QED) is 0.863. The second kappa shape index (κ2) is 6.07. The molecular formula is C12H14F3N7O. The number of nitrogens with zero attached hydrogens (tertiary/aromatic N) is 6. The first-order valence-electron chi connectivity index (χ1n) is 7.06. The van der Waals surface area contributed by atoms with Crippen molar-refractivity contribution in [1.29, 1.82) is 0 Å². The van der Waals surface area contributed by atoms with Crippen molar-refractivity contribution in [3.05, 3.63) is 33.5 Å². The molecule has 8 nitrogen and oxygen atoms in total. The molecule has 3 rings (SSSR count). The summed E-state index contributed by atoms with van der Waals surface area (Å²) in [5, 5.41) is 15.9. The van der Waals surface area contributed by atoms with Crippen molar-refractivity contribution < 1.29 is 13.2 Å². The zero-order chi connectivity index (χ0) is 16.4. The number of tetrazole rings is 1. The molecule has 11 heteroatoms. The highest BCUT2D eigenvalue weighted by molar-refractivity contribution is 5.31. The Balaban J connectivity index is 1.71. The number of aryl methyl sites for hydroxylation is 1. The number of hydrogen-bond donors (Lipinski definition) is 1. The molecule has 1 aliphatic rings. The largest absolute Gasteiger partial charge is 0.435 e. The fraction of sp³-hybridized carbons (Fsp3) is 0.583. The molecule has 23 heavy (non-hydrogen) atoms. The number of rotatable bonds is 4. The monoisotopic (exact) mass is 329 g/mol. The van der Waals surface area contributed by atoms with Crippen molar-refractivity contribution >= 4 is 0 Å². The van der Waals surface area contributed by atoms with Gasteiger partial charge >= 0.3 is 6.18 Å². The Bertz CT molecular complexity index is 725. The molecule has 0 saturated heterocycles. The molecular weight excluding hydrogens is 315 g/mol. The highest BCUT2D eigenvalue weighted by Gasteiger charge is 2.38. The van der Waals surface area contributed by atoms with E-state index >= 15 is 0 Å². The van der Waals surface area contributed by atoms with E-state index in [2.05, 4.69) is 20.6 Å². The van der Waals surface area contributed by atoms with Gasteiger partial charge in [0.05, 0.1) is 0 Å². The van der Waals surface area contributed by atoms with Crippen LogP contribution < -0.4 is 5.56 Å². The van der Waals surface area contributed by atoms with Crippen molar-refractivity contribution in [2.45, 2.75) is 32.1 Å². The summed E-state index contributed by atoms with van der Waals surface area (Å²) in [6.45, 7) is 1.77. The van der Waals surface area contributed by atoms with E-state index in [1.165, 1.54) is 6.33 Å².